The number of aldehydes is 1. The molecule has 3 rings (SSSR count). The number of ether oxygens (including phenoxy) is 1. The van der Waals surface area contributed by atoms with Gasteiger partial charge in [-0.2, -0.15) is 0 Å². The Bertz CT molecular complexity index is 995. The van der Waals surface area contributed by atoms with Gasteiger partial charge < -0.3 is 4.74 Å². The predicted octanol–water partition coefficient (Wildman–Crippen LogP) is 3.95. The summed E-state index contributed by atoms with van der Waals surface area (Å²) in [5.74, 6) is -0.514. The van der Waals surface area contributed by atoms with Crippen molar-refractivity contribution in [1.29, 1.82) is 0 Å². The van der Waals surface area contributed by atoms with E-state index in [1.54, 1.807) is 18.3 Å². The fourth-order valence-corrected chi connectivity index (χ4v) is 2.97. The maximum absolute atomic E-state index is 11.9. The van der Waals surface area contributed by atoms with Gasteiger partial charge >= 0.3 is 5.97 Å². The first-order valence-electron chi connectivity index (χ1n) is 8.57. The van der Waals surface area contributed by atoms with Crippen LogP contribution in [-0.4, -0.2) is 29.3 Å². The summed E-state index contributed by atoms with van der Waals surface area (Å²) in [6.45, 7) is 3.87. The molecule has 1 aromatic carbocycles. The molecule has 0 amide bonds. The summed E-state index contributed by atoms with van der Waals surface area (Å²) in [7, 11) is 1.31. The fourth-order valence-electron chi connectivity index (χ4n) is 2.97. The summed E-state index contributed by atoms with van der Waals surface area (Å²) in [5.41, 5.74) is 6.38. The first-order chi connectivity index (χ1) is 13.0. The lowest BCUT2D eigenvalue weighted by Gasteiger charge is -2.11. The third-order valence-electron chi connectivity index (χ3n) is 4.45. The van der Waals surface area contributed by atoms with E-state index in [1.807, 2.05) is 44.3 Å². The van der Waals surface area contributed by atoms with E-state index in [1.165, 1.54) is 7.11 Å². The Morgan fingerprint density at radius 1 is 1.11 bits per heavy atom. The van der Waals surface area contributed by atoms with Crippen molar-refractivity contribution in [3.63, 3.8) is 0 Å². The number of pyridine rings is 2. The second kappa shape index (κ2) is 7.91. The number of aromatic nitrogens is 2. The number of carbonyl (C=O) groups excluding carboxylic acids is 2. The molecule has 136 valence electrons. The van der Waals surface area contributed by atoms with Crippen LogP contribution >= 0.6 is 0 Å². The van der Waals surface area contributed by atoms with Crippen LogP contribution in [0.15, 0.2) is 48.8 Å². The number of nitrogens with zero attached hydrogens (tertiary/aromatic N) is 2. The van der Waals surface area contributed by atoms with Gasteiger partial charge in [0.15, 0.2) is 6.29 Å². The molecule has 0 fully saturated rings. The Labute approximate surface area is 158 Å². The lowest BCUT2D eigenvalue weighted by Crippen LogP contribution is -2.08. The van der Waals surface area contributed by atoms with E-state index in [0.717, 1.165) is 33.6 Å². The molecule has 0 unspecified atom stereocenters. The van der Waals surface area contributed by atoms with Gasteiger partial charge in [-0.15, -0.1) is 0 Å². The number of hydrogen-bond acceptors (Lipinski definition) is 5. The highest BCUT2D eigenvalue weighted by molar-refractivity contribution is 5.98. The van der Waals surface area contributed by atoms with E-state index in [9.17, 15) is 9.59 Å². The summed E-state index contributed by atoms with van der Waals surface area (Å²) in [5, 5.41) is 0. The van der Waals surface area contributed by atoms with Gasteiger partial charge in [-0.05, 0) is 67.3 Å². The molecule has 5 heteroatoms. The van der Waals surface area contributed by atoms with Crippen LogP contribution in [0.4, 0.5) is 0 Å². The largest absolute Gasteiger partial charge is 0.465 e. The Kier molecular flexibility index (Phi) is 5.41. The quantitative estimate of drug-likeness (QED) is 0.509. The lowest BCUT2D eigenvalue weighted by molar-refractivity contribution is 0.0598. The third kappa shape index (κ3) is 4.08. The predicted molar refractivity (Wildman–Crippen MR) is 103 cm³/mol. The van der Waals surface area contributed by atoms with E-state index < -0.39 is 5.97 Å². The van der Waals surface area contributed by atoms with Gasteiger partial charge in [0.2, 0.25) is 0 Å². The van der Waals surface area contributed by atoms with Gasteiger partial charge in [-0.25, -0.2) is 4.79 Å². The molecule has 0 saturated heterocycles. The van der Waals surface area contributed by atoms with Crippen LogP contribution < -0.4 is 0 Å². The minimum Gasteiger partial charge on any atom is -0.465 e. The first kappa shape index (κ1) is 18.5. The molecular weight excluding hydrogens is 340 g/mol. The summed E-state index contributed by atoms with van der Waals surface area (Å²) < 4.78 is 4.78. The molecule has 3 aromatic rings. The van der Waals surface area contributed by atoms with Gasteiger partial charge in [0.1, 0.15) is 0 Å². The summed E-state index contributed by atoms with van der Waals surface area (Å²) in [6, 6.07) is 11.4. The molecule has 0 N–H and O–H groups in total. The van der Waals surface area contributed by atoms with Crippen LogP contribution in [0, 0.1) is 13.8 Å². The highest BCUT2D eigenvalue weighted by Crippen LogP contribution is 2.22. The highest BCUT2D eigenvalue weighted by atomic mass is 16.5. The zero-order chi connectivity index (χ0) is 19.4. The van der Waals surface area contributed by atoms with Crippen LogP contribution in [0.2, 0.25) is 0 Å². The van der Waals surface area contributed by atoms with Gasteiger partial charge in [0.25, 0.3) is 0 Å². The third-order valence-corrected chi connectivity index (χ3v) is 4.45. The monoisotopic (exact) mass is 360 g/mol. The van der Waals surface area contributed by atoms with Crippen LogP contribution in [0.25, 0.3) is 11.3 Å². The SMILES string of the molecule is COC(=O)c1cc(Cc2ccc(-c3ccnc(C)c3)nc2)c(C)cc1C=O. The molecule has 0 aliphatic heterocycles. The summed E-state index contributed by atoms with van der Waals surface area (Å²) >= 11 is 0. The van der Waals surface area contributed by atoms with Crippen molar-refractivity contribution in [3.05, 3.63) is 82.3 Å². The molecule has 2 aromatic heterocycles. The number of benzene rings is 1. The molecule has 0 atom stereocenters. The summed E-state index contributed by atoms with van der Waals surface area (Å²) in [6.07, 6.45) is 4.89. The van der Waals surface area contributed by atoms with Crippen molar-refractivity contribution < 1.29 is 14.3 Å². The molecule has 5 nitrogen and oxygen atoms in total. The number of carbonyl (C=O) groups is 2. The van der Waals surface area contributed by atoms with Gasteiger partial charge in [-0.1, -0.05) is 6.07 Å². The second-order valence-corrected chi connectivity index (χ2v) is 6.39. The second-order valence-electron chi connectivity index (χ2n) is 6.39. The zero-order valence-electron chi connectivity index (χ0n) is 15.5. The number of aryl methyl sites for hydroxylation is 2. The van der Waals surface area contributed by atoms with Crippen molar-refractivity contribution in [2.24, 2.45) is 0 Å². The number of methoxy groups -OCH3 is 1. The van der Waals surface area contributed by atoms with Crippen molar-refractivity contribution >= 4 is 12.3 Å². The smallest absolute Gasteiger partial charge is 0.338 e. The van der Waals surface area contributed by atoms with Crippen LogP contribution in [-0.2, 0) is 11.2 Å². The fraction of sp³-hybridized carbons (Fsp3) is 0.182. The Morgan fingerprint density at radius 3 is 2.56 bits per heavy atom. The molecule has 2 heterocycles. The first-order valence-corrected chi connectivity index (χ1v) is 8.57. The van der Waals surface area contributed by atoms with Crippen molar-refractivity contribution in [2.45, 2.75) is 20.3 Å². The van der Waals surface area contributed by atoms with Crippen molar-refractivity contribution in [2.75, 3.05) is 7.11 Å². The molecule has 0 saturated carbocycles. The molecule has 0 radical (unpaired) electrons. The van der Waals surface area contributed by atoms with E-state index in [-0.39, 0.29) is 5.56 Å². The van der Waals surface area contributed by atoms with Crippen molar-refractivity contribution in [3.8, 4) is 11.3 Å². The highest BCUT2D eigenvalue weighted by Gasteiger charge is 2.15. The molecule has 0 aliphatic rings. The maximum Gasteiger partial charge on any atom is 0.338 e. The van der Waals surface area contributed by atoms with E-state index >= 15 is 0 Å². The van der Waals surface area contributed by atoms with E-state index in [0.29, 0.717) is 18.3 Å². The van der Waals surface area contributed by atoms with Crippen LogP contribution in [0.3, 0.4) is 0 Å². The number of esters is 1. The molecule has 0 aliphatic carbocycles. The lowest BCUT2D eigenvalue weighted by atomic mass is 9.95. The molecule has 27 heavy (non-hydrogen) atoms. The average Bonchev–Trinajstić information content (AvgIpc) is 2.69. The van der Waals surface area contributed by atoms with E-state index in [4.69, 9.17) is 4.74 Å². The molecule has 0 bridgehead atoms. The standard InChI is InChI=1S/C22H20N2O3/c1-14-8-19(13-25)20(22(26)27-3)11-18(14)10-16-4-5-21(24-12-16)17-6-7-23-15(2)9-17/h4-9,11-13H,10H2,1-3H3. The molecule has 0 spiro atoms. The van der Waals surface area contributed by atoms with Gasteiger partial charge in [0.05, 0.1) is 18.4 Å². The van der Waals surface area contributed by atoms with Gasteiger partial charge in [-0.3, -0.25) is 14.8 Å². The Hall–Kier alpha value is -3.34. The minimum atomic E-state index is -0.514. The maximum atomic E-state index is 11.9. The average molecular weight is 360 g/mol. The van der Waals surface area contributed by atoms with Gasteiger partial charge in [0, 0.05) is 29.2 Å². The van der Waals surface area contributed by atoms with Crippen LogP contribution in [0.1, 0.15) is 43.1 Å². The summed E-state index contributed by atoms with van der Waals surface area (Å²) in [4.78, 5) is 31.9. The number of rotatable bonds is 5. The molecular formula is C22H20N2O3. The van der Waals surface area contributed by atoms with Crippen molar-refractivity contribution in [1.82, 2.24) is 9.97 Å². The minimum absolute atomic E-state index is 0.282. The Morgan fingerprint density at radius 2 is 1.93 bits per heavy atom. The van der Waals surface area contributed by atoms with Crippen LogP contribution in [0.5, 0.6) is 0 Å². The Balaban J connectivity index is 1.89. The normalized spacial score (nSPS) is 10.5. The topological polar surface area (TPSA) is 69.2 Å². The zero-order valence-corrected chi connectivity index (χ0v) is 15.5. The van der Waals surface area contributed by atoms with E-state index in [2.05, 4.69) is 9.97 Å². The number of hydrogen-bond donors (Lipinski definition) is 0.